The van der Waals surface area contributed by atoms with Gasteiger partial charge in [-0.15, -0.1) is 0 Å². The molecule has 0 saturated heterocycles. The average molecular weight is 632 g/mol. The minimum atomic E-state index is -0.0659. The maximum Gasteiger partial charge on any atom is 0.164 e. The van der Waals surface area contributed by atoms with Crippen LogP contribution in [0, 0.1) is 5.92 Å². The van der Waals surface area contributed by atoms with Gasteiger partial charge in [0.2, 0.25) is 0 Å². The molecule has 1 unspecified atom stereocenters. The van der Waals surface area contributed by atoms with Crippen LogP contribution in [0.3, 0.4) is 0 Å². The molecule has 1 atom stereocenters. The monoisotopic (exact) mass is 631 g/mol. The molecule has 10 rings (SSSR count). The number of nitrogens with zero attached hydrogens (tertiary/aromatic N) is 3. The Balaban J connectivity index is 1.15. The van der Waals surface area contributed by atoms with E-state index < -0.39 is 0 Å². The minimum absolute atomic E-state index is 0.0659. The number of rotatable bonds is 4. The Bertz CT molecular complexity index is 2630. The number of aromatic nitrogens is 3. The van der Waals surface area contributed by atoms with Crippen molar-refractivity contribution >= 4 is 21.9 Å². The van der Waals surface area contributed by atoms with Crippen molar-refractivity contribution in [3.05, 3.63) is 150 Å². The zero-order valence-electron chi connectivity index (χ0n) is 27.7. The number of para-hydroxylation sites is 1. The molecular formula is C45H33N3O. The molecule has 0 bridgehead atoms. The number of hydrogen-bond acceptors (Lipinski definition) is 4. The van der Waals surface area contributed by atoms with Crippen molar-refractivity contribution in [3.8, 4) is 56.4 Å². The summed E-state index contributed by atoms with van der Waals surface area (Å²) in [6.45, 7) is 7.16. The van der Waals surface area contributed by atoms with Gasteiger partial charge in [0, 0.05) is 32.9 Å². The summed E-state index contributed by atoms with van der Waals surface area (Å²) in [6, 6.07) is 44.9. The second kappa shape index (κ2) is 10.3. The van der Waals surface area contributed by atoms with Crippen LogP contribution in [-0.4, -0.2) is 15.0 Å². The zero-order valence-corrected chi connectivity index (χ0v) is 27.7. The molecule has 2 aromatic heterocycles. The van der Waals surface area contributed by atoms with Gasteiger partial charge in [-0.1, -0.05) is 130 Å². The molecule has 0 amide bonds. The largest absolute Gasteiger partial charge is 0.456 e. The third-order valence-corrected chi connectivity index (χ3v) is 11.1. The summed E-state index contributed by atoms with van der Waals surface area (Å²) < 4.78 is 6.24. The molecule has 6 aromatic carbocycles. The van der Waals surface area contributed by atoms with E-state index in [1.807, 2.05) is 48.5 Å². The van der Waals surface area contributed by atoms with Gasteiger partial charge in [-0.25, -0.2) is 15.0 Å². The Morgan fingerprint density at radius 3 is 2.12 bits per heavy atom. The molecule has 0 radical (unpaired) electrons. The maximum atomic E-state index is 6.24. The zero-order chi connectivity index (χ0) is 32.9. The van der Waals surface area contributed by atoms with Crippen LogP contribution in [0.2, 0.25) is 0 Å². The van der Waals surface area contributed by atoms with E-state index in [1.54, 1.807) is 0 Å². The molecule has 0 N–H and O–H groups in total. The predicted octanol–water partition coefficient (Wildman–Crippen LogP) is 11.3. The highest BCUT2D eigenvalue weighted by molar-refractivity contribution is 6.11. The summed E-state index contributed by atoms with van der Waals surface area (Å²) in [4.78, 5) is 15.3. The van der Waals surface area contributed by atoms with Gasteiger partial charge < -0.3 is 4.42 Å². The molecule has 0 saturated carbocycles. The molecule has 49 heavy (non-hydrogen) atoms. The van der Waals surface area contributed by atoms with Crippen LogP contribution < -0.4 is 0 Å². The summed E-state index contributed by atoms with van der Waals surface area (Å²) in [5.41, 5.74) is 15.6. The van der Waals surface area contributed by atoms with Crippen LogP contribution in [0.4, 0.5) is 0 Å². The Kier molecular flexibility index (Phi) is 5.93. The van der Waals surface area contributed by atoms with E-state index in [2.05, 4.69) is 99.6 Å². The van der Waals surface area contributed by atoms with Crippen LogP contribution in [0.25, 0.3) is 78.4 Å². The standard InChI is InChI=1S/C45H33N3O/c1-26(2)45(3)36-17-9-7-14-32(36)33-23-20-28-24-30-25-29(21-22-31(30)39(28)41(33)45)43-46-42(27-12-5-4-6-13-27)47-44(48-43)35-16-11-19-38-40(35)34-15-8-10-18-37(34)49-38/h4-23,25-26H,24H2,1-3H3. The normalized spacial score (nSPS) is 15.8. The number of hydrogen-bond donors (Lipinski definition) is 0. The Labute approximate surface area is 285 Å². The average Bonchev–Trinajstić information content (AvgIpc) is 3.80. The smallest absolute Gasteiger partial charge is 0.164 e. The molecule has 2 aliphatic rings. The summed E-state index contributed by atoms with van der Waals surface area (Å²) >= 11 is 0. The number of fused-ring (bicyclic) bond motifs is 10. The third kappa shape index (κ3) is 4.01. The van der Waals surface area contributed by atoms with Gasteiger partial charge in [-0.05, 0) is 75.0 Å². The number of furan rings is 1. The highest BCUT2D eigenvalue weighted by Crippen LogP contribution is 2.58. The second-order valence-electron chi connectivity index (χ2n) is 13.9. The van der Waals surface area contributed by atoms with Crippen LogP contribution in [0.15, 0.2) is 132 Å². The first kappa shape index (κ1) is 28.2. The molecule has 0 fully saturated rings. The lowest BCUT2D eigenvalue weighted by molar-refractivity contribution is 0.415. The van der Waals surface area contributed by atoms with E-state index in [-0.39, 0.29) is 5.41 Å². The minimum Gasteiger partial charge on any atom is -0.456 e. The van der Waals surface area contributed by atoms with E-state index in [0.29, 0.717) is 23.4 Å². The van der Waals surface area contributed by atoms with E-state index in [1.165, 1.54) is 44.5 Å². The molecular weight excluding hydrogens is 599 g/mol. The van der Waals surface area contributed by atoms with Gasteiger partial charge in [0.05, 0.1) is 0 Å². The molecule has 0 aliphatic heterocycles. The fourth-order valence-corrected chi connectivity index (χ4v) is 8.40. The molecule has 4 nitrogen and oxygen atoms in total. The number of benzene rings is 6. The van der Waals surface area contributed by atoms with Crippen molar-refractivity contribution in [1.29, 1.82) is 0 Å². The van der Waals surface area contributed by atoms with E-state index in [0.717, 1.165) is 45.0 Å². The van der Waals surface area contributed by atoms with Crippen molar-refractivity contribution in [2.45, 2.75) is 32.6 Å². The summed E-state index contributed by atoms with van der Waals surface area (Å²) in [7, 11) is 0. The molecule has 0 spiro atoms. The molecule has 4 heteroatoms. The highest BCUT2D eigenvalue weighted by Gasteiger charge is 2.45. The van der Waals surface area contributed by atoms with Gasteiger partial charge >= 0.3 is 0 Å². The summed E-state index contributed by atoms with van der Waals surface area (Å²) in [5, 5.41) is 2.07. The van der Waals surface area contributed by atoms with Gasteiger partial charge in [0.25, 0.3) is 0 Å². The first-order chi connectivity index (χ1) is 24.0. The van der Waals surface area contributed by atoms with Gasteiger partial charge in [-0.3, -0.25) is 0 Å². The van der Waals surface area contributed by atoms with Crippen molar-refractivity contribution in [3.63, 3.8) is 0 Å². The van der Waals surface area contributed by atoms with Crippen molar-refractivity contribution in [1.82, 2.24) is 15.0 Å². The van der Waals surface area contributed by atoms with Crippen LogP contribution in [-0.2, 0) is 11.8 Å². The van der Waals surface area contributed by atoms with E-state index in [4.69, 9.17) is 19.4 Å². The Morgan fingerprint density at radius 2 is 1.27 bits per heavy atom. The van der Waals surface area contributed by atoms with Crippen LogP contribution in [0.5, 0.6) is 0 Å². The first-order valence-electron chi connectivity index (χ1n) is 17.1. The maximum absolute atomic E-state index is 6.24. The van der Waals surface area contributed by atoms with Crippen molar-refractivity contribution in [2.24, 2.45) is 5.92 Å². The lowest BCUT2D eigenvalue weighted by atomic mass is 9.69. The lowest BCUT2D eigenvalue weighted by Gasteiger charge is -2.33. The van der Waals surface area contributed by atoms with Gasteiger partial charge in [-0.2, -0.15) is 0 Å². The second-order valence-corrected chi connectivity index (χ2v) is 13.9. The Hall–Kier alpha value is -5.87. The molecule has 2 heterocycles. The van der Waals surface area contributed by atoms with Crippen molar-refractivity contribution in [2.75, 3.05) is 0 Å². The quantitative estimate of drug-likeness (QED) is 0.194. The SMILES string of the molecule is CC(C)C1(C)c2ccccc2-c2ccc3c(c21)-c1ccc(-c2nc(-c4ccccc4)nc(-c4cccc5oc6ccccc6c45)n2)cc1C3. The lowest BCUT2D eigenvalue weighted by Crippen LogP contribution is -2.28. The van der Waals surface area contributed by atoms with E-state index >= 15 is 0 Å². The van der Waals surface area contributed by atoms with Crippen molar-refractivity contribution < 1.29 is 4.42 Å². The fourth-order valence-electron chi connectivity index (χ4n) is 8.40. The fraction of sp³-hybridized carbons (Fsp3) is 0.133. The van der Waals surface area contributed by atoms with E-state index in [9.17, 15) is 0 Å². The summed E-state index contributed by atoms with van der Waals surface area (Å²) in [6.07, 6.45) is 0.889. The summed E-state index contributed by atoms with van der Waals surface area (Å²) in [5.74, 6) is 2.39. The van der Waals surface area contributed by atoms with Gasteiger partial charge in [0.15, 0.2) is 17.5 Å². The molecule has 2 aliphatic carbocycles. The highest BCUT2D eigenvalue weighted by atomic mass is 16.3. The molecule has 8 aromatic rings. The first-order valence-corrected chi connectivity index (χ1v) is 17.1. The third-order valence-electron chi connectivity index (χ3n) is 11.1. The molecule has 234 valence electrons. The van der Waals surface area contributed by atoms with Gasteiger partial charge in [0.1, 0.15) is 11.2 Å². The predicted molar refractivity (Wildman–Crippen MR) is 198 cm³/mol. The Morgan fingerprint density at radius 1 is 0.571 bits per heavy atom. The van der Waals surface area contributed by atoms with Crippen LogP contribution in [0.1, 0.15) is 43.0 Å². The topological polar surface area (TPSA) is 51.8 Å². The van der Waals surface area contributed by atoms with Crippen LogP contribution >= 0.6 is 0 Å².